The Morgan fingerprint density at radius 2 is 1.23 bits per heavy atom. The number of hydrogen-bond acceptors (Lipinski definition) is 9. The van der Waals surface area contributed by atoms with Crippen LogP contribution in [0.25, 0.3) is 0 Å². The summed E-state index contributed by atoms with van der Waals surface area (Å²) in [6.07, 6.45) is -8.96. The van der Waals surface area contributed by atoms with Crippen LogP contribution in [0.5, 0.6) is 11.5 Å². The van der Waals surface area contributed by atoms with Crippen LogP contribution in [0.1, 0.15) is 102 Å². The van der Waals surface area contributed by atoms with Gasteiger partial charge < -0.3 is 30.2 Å². The number of thioether (sulfide) groups is 2. The molecule has 9 nitrogen and oxygen atoms in total. The van der Waals surface area contributed by atoms with Gasteiger partial charge in [0.05, 0.1) is 11.1 Å². The molecule has 3 rings (SSSR count). The number of alkyl carbamates (subject to hydrolysis) is 2. The number of alkyl halides is 6. The molecule has 0 heterocycles. The molecule has 17 heteroatoms. The monoisotopic (exact) mass is 901 g/mol. The summed E-state index contributed by atoms with van der Waals surface area (Å²) in [6.45, 7) is 14.2. The number of aryl methyl sites for hydroxylation is 1. The summed E-state index contributed by atoms with van der Waals surface area (Å²) >= 11 is 2.55. The van der Waals surface area contributed by atoms with Crippen LogP contribution in [0.3, 0.4) is 0 Å². The molecule has 0 aliphatic rings. The molecule has 0 fully saturated rings. The van der Waals surface area contributed by atoms with Crippen molar-refractivity contribution in [3.05, 3.63) is 76.3 Å². The maximum Gasteiger partial charge on any atom is 0.418 e. The Labute approximate surface area is 363 Å². The van der Waals surface area contributed by atoms with Crippen molar-refractivity contribution in [1.82, 2.24) is 10.6 Å². The quantitative estimate of drug-likeness (QED) is 0.0579. The third-order valence-electron chi connectivity index (χ3n) is 8.23. The van der Waals surface area contributed by atoms with Crippen LogP contribution in [-0.2, 0) is 45.9 Å². The van der Waals surface area contributed by atoms with E-state index in [9.17, 15) is 40.7 Å². The molecule has 3 N–H and O–H groups in total. The molecule has 3 aromatic rings. The van der Waals surface area contributed by atoms with Crippen LogP contribution < -0.4 is 20.7 Å². The van der Waals surface area contributed by atoms with E-state index in [4.69, 9.17) is 14.2 Å². The lowest BCUT2D eigenvalue weighted by Gasteiger charge is -2.20. The predicted molar refractivity (Wildman–Crippen MR) is 229 cm³/mol. The lowest BCUT2D eigenvalue weighted by Crippen LogP contribution is -2.35. The van der Waals surface area contributed by atoms with Crippen molar-refractivity contribution in [2.24, 2.45) is 0 Å². The molecule has 0 aliphatic heterocycles. The van der Waals surface area contributed by atoms with E-state index in [-0.39, 0.29) is 66.8 Å². The number of ether oxygens (including phenoxy) is 3. The Morgan fingerprint density at radius 3 is 1.80 bits per heavy atom. The van der Waals surface area contributed by atoms with E-state index in [0.29, 0.717) is 45.9 Å². The van der Waals surface area contributed by atoms with E-state index in [1.807, 2.05) is 13.8 Å². The SMILES string of the molecule is CCCSc1cc(SCCC)c(C(F)(F)F)cc1CC(=O)Cc1ccc(Oc2ccc(NCCNC(=O)OC(C)(C)C)c(C(F)(F)F)c2)c(CCCNC(=O)OC(C)(C)C)c1. The Kier molecular flexibility index (Phi) is 19.0. The van der Waals surface area contributed by atoms with Crippen LogP contribution in [0.15, 0.2) is 58.3 Å². The molecule has 3 aromatic carbocycles. The Balaban J connectivity index is 1.89. The fraction of sp³-hybridized carbons (Fsp3) is 0.523. The molecular formula is C44H57F6N3O6S2. The van der Waals surface area contributed by atoms with Gasteiger partial charge in [-0.1, -0.05) is 26.0 Å². The van der Waals surface area contributed by atoms with Gasteiger partial charge in [0.1, 0.15) is 28.5 Å². The fourth-order valence-corrected chi connectivity index (χ4v) is 7.72. The summed E-state index contributed by atoms with van der Waals surface area (Å²) < 4.78 is 102. The highest BCUT2D eigenvalue weighted by molar-refractivity contribution is 8.00. The van der Waals surface area contributed by atoms with Crippen LogP contribution >= 0.6 is 23.5 Å². The maximum absolute atomic E-state index is 14.3. The lowest BCUT2D eigenvalue weighted by atomic mass is 9.98. The molecule has 0 saturated carbocycles. The van der Waals surface area contributed by atoms with Crippen molar-refractivity contribution in [3.8, 4) is 11.5 Å². The van der Waals surface area contributed by atoms with Crippen molar-refractivity contribution >= 4 is 47.2 Å². The zero-order valence-corrected chi connectivity index (χ0v) is 37.6. The van der Waals surface area contributed by atoms with Crippen LogP contribution in [-0.4, -0.2) is 60.3 Å². The molecular weight excluding hydrogens is 845 g/mol. The Hall–Kier alpha value is -4.25. The number of ketones is 1. The number of amides is 2. The van der Waals surface area contributed by atoms with Crippen LogP contribution in [0, 0.1) is 0 Å². The van der Waals surface area contributed by atoms with Gasteiger partial charge in [0.25, 0.3) is 0 Å². The van der Waals surface area contributed by atoms with Gasteiger partial charge >= 0.3 is 24.5 Å². The summed E-state index contributed by atoms with van der Waals surface area (Å²) in [6, 6.07) is 10.9. The second kappa shape index (κ2) is 22.7. The first-order chi connectivity index (χ1) is 28.4. The highest BCUT2D eigenvalue weighted by Crippen LogP contribution is 2.42. The standard InChI is InChI=1S/C44H57F6N3O6S2/c1-9-20-60-37-27-38(61-21-10-2)34(44(48,49)50)25-30(37)24-31(54)23-28-13-16-36(29(22-28)12-11-17-52-39(55)58-41(3,4)5)57-32-14-15-35(33(26-32)43(45,46)47)51-18-19-53-40(56)59-42(6,7)8/h13-16,22,25-27,51H,9-12,17-21,23-24H2,1-8H3,(H,52,55)(H,53,56). The Bertz CT molecular complexity index is 1940. The first kappa shape index (κ1) is 51.1. The summed E-state index contributed by atoms with van der Waals surface area (Å²) in [5.41, 5.74) is -2.13. The van der Waals surface area contributed by atoms with E-state index in [0.717, 1.165) is 30.3 Å². The fourth-order valence-electron chi connectivity index (χ4n) is 5.75. The predicted octanol–water partition coefficient (Wildman–Crippen LogP) is 12.3. The van der Waals surface area contributed by atoms with Crippen molar-refractivity contribution in [2.45, 2.75) is 127 Å². The summed E-state index contributed by atoms with van der Waals surface area (Å²) in [4.78, 5) is 38.5. The minimum atomic E-state index is -4.77. The number of hydrogen-bond donors (Lipinski definition) is 3. The highest BCUT2D eigenvalue weighted by Gasteiger charge is 2.36. The minimum Gasteiger partial charge on any atom is -0.457 e. The van der Waals surface area contributed by atoms with Gasteiger partial charge in [-0.05, 0) is 132 Å². The van der Waals surface area contributed by atoms with E-state index < -0.39 is 46.9 Å². The topological polar surface area (TPSA) is 115 Å². The number of benzene rings is 3. The third kappa shape index (κ3) is 18.3. The maximum atomic E-state index is 14.3. The normalized spacial score (nSPS) is 12.2. The summed E-state index contributed by atoms with van der Waals surface area (Å²) in [7, 11) is 0. The largest absolute Gasteiger partial charge is 0.457 e. The molecule has 0 unspecified atom stereocenters. The van der Waals surface area contributed by atoms with Crippen molar-refractivity contribution in [2.75, 3.05) is 36.5 Å². The van der Waals surface area contributed by atoms with Gasteiger partial charge in [-0.15, -0.1) is 23.5 Å². The number of carbonyl (C=O) groups is 3. The highest BCUT2D eigenvalue weighted by atomic mass is 32.2. The van der Waals surface area contributed by atoms with E-state index in [1.54, 1.807) is 59.7 Å². The van der Waals surface area contributed by atoms with Gasteiger partial charge in [0, 0.05) is 48.0 Å². The average Bonchev–Trinajstić information content (AvgIpc) is 3.12. The molecule has 0 aromatic heterocycles. The number of halogens is 6. The number of anilines is 1. The molecule has 2 amide bonds. The van der Waals surface area contributed by atoms with E-state index in [1.165, 1.54) is 30.0 Å². The van der Waals surface area contributed by atoms with Gasteiger partial charge in [0.2, 0.25) is 0 Å². The smallest absolute Gasteiger partial charge is 0.418 e. The average molecular weight is 902 g/mol. The van der Waals surface area contributed by atoms with Crippen LogP contribution in [0.4, 0.5) is 41.6 Å². The van der Waals surface area contributed by atoms with Gasteiger partial charge in [0.15, 0.2) is 0 Å². The molecule has 0 bridgehead atoms. The number of nitrogens with one attached hydrogen (secondary N) is 3. The Morgan fingerprint density at radius 1 is 0.639 bits per heavy atom. The first-order valence-corrected chi connectivity index (χ1v) is 22.1. The van der Waals surface area contributed by atoms with Crippen molar-refractivity contribution < 1.29 is 54.9 Å². The lowest BCUT2D eigenvalue weighted by molar-refractivity contribution is -0.140. The summed E-state index contributed by atoms with van der Waals surface area (Å²) in [5, 5.41) is 7.85. The van der Waals surface area contributed by atoms with Gasteiger partial charge in [-0.2, -0.15) is 26.3 Å². The first-order valence-electron chi connectivity index (χ1n) is 20.1. The van der Waals surface area contributed by atoms with E-state index >= 15 is 0 Å². The molecule has 0 radical (unpaired) electrons. The molecule has 0 atom stereocenters. The molecule has 0 spiro atoms. The molecule has 0 saturated heterocycles. The second-order valence-corrected chi connectivity index (χ2v) is 18.5. The summed E-state index contributed by atoms with van der Waals surface area (Å²) in [5.74, 6) is 0.929. The van der Waals surface area contributed by atoms with Crippen molar-refractivity contribution in [3.63, 3.8) is 0 Å². The minimum absolute atomic E-state index is 0.0104. The van der Waals surface area contributed by atoms with E-state index in [2.05, 4.69) is 16.0 Å². The molecule has 338 valence electrons. The number of Topliss-reactive ketones (excluding diaryl/α,β-unsaturated/α-hetero) is 1. The number of rotatable bonds is 20. The second-order valence-electron chi connectivity index (χ2n) is 16.2. The molecule has 0 aliphatic carbocycles. The zero-order chi connectivity index (χ0) is 45.6. The molecule has 61 heavy (non-hydrogen) atoms. The number of carbonyl (C=O) groups excluding carboxylic acids is 3. The van der Waals surface area contributed by atoms with Gasteiger partial charge in [-0.25, -0.2) is 9.59 Å². The van der Waals surface area contributed by atoms with Crippen LogP contribution in [0.2, 0.25) is 0 Å². The zero-order valence-electron chi connectivity index (χ0n) is 35.9. The third-order valence-corrected chi connectivity index (χ3v) is 10.8. The van der Waals surface area contributed by atoms with Crippen molar-refractivity contribution in [1.29, 1.82) is 0 Å². The van der Waals surface area contributed by atoms with Gasteiger partial charge in [-0.3, -0.25) is 4.79 Å².